The van der Waals surface area contributed by atoms with Crippen LogP contribution in [0.1, 0.15) is 31.5 Å². The Morgan fingerprint density at radius 2 is 1.79 bits per heavy atom. The molecule has 9 heteroatoms. The molecule has 6 nitrogen and oxygen atoms in total. The highest BCUT2D eigenvalue weighted by atomic mass is 19.4. The zero-order chi connectivity index (χ0) is 21.6. The van der Waals surface area contributed by atoms with Crippen molar-refractivity contribution in [2.24, 2.45) is 5.92 Å². The van der Waals surface area contributed by atoms with E-state index in [1.165, 1.54) is 5.56 Å². The molecule has 1 fully saturated rings. The Morgan fingerprint density at radius 3 is 2.31 bits per heavy atom. The van der Waals surface area contributed by atoms with Crippen LogP contribution >= 0.6 is 0 Å². The number of nitrogens with zero attached hydrogens (tertiary/aromatic N) is 3. The number of aliphatic hydroxyl groups excluding tert-OH is 2. The van der Waals surface area contributed by atoms with Crippen LogP contribution in [-0.4, -0.2) is 49.9 Å². The zero-order valence-electron chi connectivity index (χ0n) is 16.4. The van der Waals surface area contributed by atoms with Gasteiger partial charge >= 0.3 is 6.18 Å². The molecule has 1 aliphatic rings. The summed E-state index contributed by atoms with van der Waals surface area (Å²) in [4.78, 5) is 8.57. The average Bonchev–Trinajstić information content (AvgIpc) is 2.65. The predicted molar refractivity (Wildman–Crippen MR) is 104 cm³/mol. The Balaban J connectivity index is 0.000000234. The largest absolute Gasteiger partial charge is 0.434 e. The molecule has 2 heterocycles. The number of benzene rings is 1. The van der Waals surface area contributed by atoms with Crippen LogP contribution in [0.5, 0.6) is 0 Å². The topological polar surface area (TPSA) is 95.5 Å². The summed E-state index contributed by atoms with van der Waals surface area (Å²) in [5, 5.41) is 19.6. The number of β-amino-alcohol motifs (C(OH)–C–C–N with tert-alkyl or cyclic N) is 1. The van der Waals surface area contributed by atoms with E-state index >= 15 is 0 Å². The highest BCUT2D eigenvalue weighted by molar-refractivity contribution is 5.24. The third kappa shape index (κ3) is 6.95. The van der Waals surface area contributed by atoms with Gasteiger partial charge < -0.3 is 15.9 Å². The van der Waals surface area contributed by atoms with Gasteiger partial charge in [-0.2, -0.15) is 13.2 Å². The van der Waals surface area contributed by atoms with Crippen molar-refractivity contribution in [3.8, 4) is 0 Å². The van der Waals surface area contributed by atoms with Gasteiger partial charge in [0.1, 0.15) is 5.82 Å². The van der Waals surface area contributed by atoms with Crippen molar-refractivity contribution in [2.45, 2.75) is 51.2 Å². The number of hydrogen-bond donors (Lipinski definition) is 3. The van der Waals surface area contributed by atoms with Gasteiger partial charge in [-0.05, 0) is 17.9 Å². The van der Waals surface area contributed by atoms with Gasteiger partial charge in [0, 0.05) is 19.1 Å². The number of aromatic nitrogens is 2. The second-order valence-corrected chi connectivity index (χ2v) is 7.42. The minimum atomic E-state index is -4.47. The van der Waals surface area contributed by atoms with Gasteiger partial charge in [0.05, 0.1) is 24.6 Å². The van der Waals surface area contributed by atoms with Gasteiger partial charge in [-0.3, -0.25) is 9.88 Å². The molecule has 160 valence electrons. The number of rotatable bonds is 3. The number of aliphatic hydroxyl groups is 2. The van der Waals surface area contributed by atoms with Gasteiger partial charge in [0.25, 0.3) is 0 Å². The average molecular weight is 412 g/mol. The maximum absolute atomic E-state index is 11.8. The van der Waals surface area contributed by atoms with Crippen molar-refractivity contribution in [1.29, 1.82) is 0 Å². The summed E-state index contributed by atoms with van der Waals surface area (Å²) in [7, 11) is 0. The summed E-state index contributed by atoms with van der Waals surface area (Å²) in [6, 6.07) is 10.6. The van der Waals surface area contributed by atoms with Crippen LogP contribution in [0.4, 0.5) is 19.0 Å². The van der Waals surface area contributed by atoms with Crippen molar-refractivity contribution in [3.63, 3.8) is 0 Å². The lowest BCUT2D eigenvalue weighted by Gasteiger charge is -2.42. The smallest absolute Gasteiger partial charge is 0.390 e. The Kier molecular flexibility index (Phi) is 7.95. The minimum Gasteiger partial charge on any atom is -0.390 e. The molecular formula is C20H27F3N4O2. The first-order valence-electron chi connectivity index (χ1n) is 9.36. The molecule has 0 spiro atoms. The Morgan fingerprint density at radius 1 is 1.14 bits per heavy atom. The lowest BCUT2D eigenvalue weighted by atomic mass is 9.89. The molecule has 3 unspecified atom stereocenters. The van der Waals surface area contributed by atoms with Crippen LogP contribution in [0.3, 0.4) is 0 Å². The number of nitrogen functional groups attached to an aromatic ring is 1. The van der Waals surface area contributed by atoms with Crippen molar-refractivity contribution >= 4 is 5.82 Å². The SMILES string of the molecule is CC(C)C1CC(O)C(O)CN1Cc1ccccc1.Nc1cncc(C(F)(F)F)n1. The van der Waals surface area contributed by atoms with Crippen LogP contribution < -0.4 is 5.73 Å². The quantitative estimate of drug-likeness (QED) is 0.718. The summed E-state index contributed by atoms with van der Waals surface area (Å²) in [5.74, 6) is 0.246. The van der Waals surface area contributed by atoms with E-state index in [1.807, 2.05) is 18.2 Å². The molecule has 29 heavy (non-hydrogen) atoms. The molecule has 1 aromatic heterocycles. The van der Waals surface area contributed by atoms with Crippen molar-refractivity contribution < 1.29 is 23.4 Å². The molecule has 3 rings (SSSR count). The van der Waals surface area contributed by atoms with E-state index in [0.717, 1.165) is 12.7 Å². The van der Waals surface area contributed by atoms with E-state index in [4.69, 9.17) is 5.73 Å². The second kappa shape index (κ2) is 10.00. The molecule has 2 aromatic rings. The third-order valence-corrected chi connectivity index (χ3v) is 4.76. The second-order valence-electron chi connectivity index (χ2n) is 7.42. The van der Waals surface area contributed by atoms with Crippen molar-refractivity contribution in [3.05, 3.63) is 54.0 Å². The summed E-state index contributed by atoms with van der Waals surface area (Å²) in [5.41, 5.74) is 5.17. The lowest BCUT2D eigenvalue weighted by Crippen LogP contribution is -2.53. The number of halogens is 3. The van der Waals surface area contributed by atoms with E-state index in [1.54, 1.807) is 0 Å². The fourth-order valence-corrected chi connectivity index (χ4v) is 3.26. The van der Waals surface area contributed by atoms with Crippen molar-refractivity contribution in [1.82, 2.24) is 14.9 Å². The Bertz CT molecular complexity index is 759. The van der Waals surface area contributed by atoms with E-state index in [-0.39, 0.29) is 5.82 Å². The maximum atomic E-state index is 11.8. The fourth-order valence-electron chi connectivity index (χ4n) is 3.26. The molecule has 4 N–H and O–H groups in total. The number of likely N-dealkylation sites (tertiary alicyclic amines) is 1. The molecule has 0 saturated carbocycles. The number of anilines is 1. The van der Waals surface area contributed by atoms with Crippen LogP contribution in [0.15, 0.2) is 42.7 Å². The van der Waals surface area contributed by atoms with E-state index < -0.39 is 24.1 Å². The highest BCUT2D eigenvalue weighted by Crippen LogP contribution is 2.27. The number of hydrogen-bond acceptors (Lipinski definition) is 6. The normalized spacial score (nSPS) is 22.8. The van der Waals surface area contributed by atoms with Crippen molar-refractivity contribution in [2.75, 3.05) is 12.3 Å². The minimum absolute atomic E-state index is 0.236. The summed E-state index contributed by atoms with van der Waals surface area (Å²) < 4.78 is 35.4. The van der Waals surface area contributed by atoms with E-state index in [2.05, 4.69) is 40.8 Å². The Labute approximate surface area is 168 Å². The molecular weight excluding hydrogens is 385 g/mol. The molecule has 0 radical (unpaired) electrons. The molecule has 0 bridgehead atoms. The summed E-state index contributed by atoms with van der Waals surface area (Å²) in [6.45, 7) is 5.74. The van der Waals surface area contributed by atoms with Crippen LogP contribution in [0.2, 0.25) is 0 Å². The van der Waals surface area contributed by atoms with Gasteiger partial charge in [-0.25, -0.2) is 4.98 Å². The van der Waals surface area contributed by atoms with Gasteiger partial charge in [0.2, 0.25) is 0 Å². The predicted octanol–water partition coefficient (Wildman–Crippen LogP) is 2.72. The molecule has 0 aliphatic carbocycles. The first-order chi connectivity index (χ1) is 13.6. The number of nitrogens with two attached hydrogens (primary N) is 1. The fraction of sp³-hybridized carbons (Fsp3) is 0.500. The zero-order valence-corrected chi connectivity index (χ0v) is 16.4. The van der Waals surface area contributed by atoms with Gasteiger partial charge in [-0.15, -0.1) is 0 Å². The molecule has 3 atom stereocenters. The standard InChI is InChI=1S/C15H23NO2.C5H4F3N3/c1-11(2)13-8-14(17)15(18)10-16(13)9-12-6-4-3-5-7-12;6-5(7,8)3-1-10-2-4(9)11-3/h3-7,11,13-15,17-18H,8-10H2,1-2H3;1-2H,(H2,9,11). The first-order valence-corrected chi connectivity index (χ1v) is 9.36. The molecule has 1 aromatic carbocycles. The number of piperidine rings is 1. The monoisotopic (exact) mass is 412 g/mol. The Hall–Kier alpha value is -2.23. The highest BCUT2D eigenvalue weighted by Gasteiger charge is 2.35. The first kappa shape index (κ1) is 23.1. The van der Waals surface area contributed by atoms with Crippen LogP contribution in [0.25, 0.3) is 0 Å². The lowest BCUT2D eigenvalue weighted by molar-refractivity contribution is -0.141. The summed E-state index contributed by atoms with van der Waals surface area (Å²) in [6.07, 6.45) is -3.34. The summed E-state index contributed by atoms with van der Waals surface area (Å²) >= 11 is 0. The molecule has 1 aliphatic heterocycles. The van der Waals surface area contributed by atoms with Crippen LogP contribution in [0, 0.1) is 5.92 Å². The number of alkyl halides is 3. The third-order valence-electron chi connectivity index (χ3n) is 4.76. The van der Waals surface area contributed by atoms with E-state index in [9.17, 15) is 23.4 Å². The maximum Gasteiger partial charge on any atom is 0.434 e. The molecule has 1 saturated heterocycles. The van der Waals surface area contributed by atoms with Gasteiger partial charge in [-0.1, -0.05) is 44.2 Å². The molecule has 0 amide bonds. The van der Waals surface area contributed by atoms with Gasteiger partial charge in [0.15, 0.2) is 5.69 Å². The van der Waals surface area contributed by atoms with Crippen LogP contribution in [-0.2, 0) is 12.7 Å². The van der Waals surface area contributed by atoms with E-state index in [0.29, 0.717) is 31.1 Å².